The third-order valence-corrected chi connectivity index (χ3v) is 4.02. The van der Waals surface area contributed by atoms with Gasteiger partial charge in [0.1, 0.15) is 0 Å². The second kappa shape index (κ2) is 4.66. The highest BCUT2D eigenvalue weighted by Gasteiger charge is 2.40. The van der Waals surface area contributed by atoms with Crippen LogP contribution in [-0.2, 0) is 0 Å². The number of piperazine rings is 1. The Bertz CT molecular complexity index is 231. The first kappa shape index (κ1) is 12.4. The van der Waals surface area contributed by atoms with E-state index >= 15 is 0 Å². The van der Waals surface area contributed by atoms with Crippen molar-refractivity contribution in [3.63, 3.8) is 0 Å². The average molecular weight is 224 g/mol. The molecule has 1 unspecified atom stereocenters. The maximum absolute atomic E-state index is 3.71. The topological polar surface area (TPSA) is 15.3 Å². The molecular weight excluding hydrogens is 196 g/mol. The largest absolute Gasteiger partial charge is 0.309 e. The van der Waals surface area contributed by atoms with E-state index in [0.29, 0.717) is 5.54 Å². The Morgan fingerprint density at radius 2 is 2.00 bits per heavy atom. The van der Waals surface area contributed by atoms with E-state index in [2.05, 4.69) is 37.9 Å². The fraction of sp³-hybridized carbons (Fsp3) is 1.00. The van der Waals surface area contributed by atoms with Gasteiger partial charge >= 0.3 is 0 Å². The lowest BCUT2D eigenvalue weighted by Crippen LogP contribution is -2.62. The Hall–Kier alpha value is -0.0800. The van der Waals surface area contributed by atoms with Crippen LogP contribution in [0.15, 0.2) is 0 Å². The van der Waals surface area contributed by atoms with E-state index in [-0.39, 0.29) is 0 Å². The van der Waals surface area contributed by atoms with Crippen LogP contribution in [0.1, 0.15) is 47.0 Å². The number of hydrogen-bond donors (Lipinski definition) is 1. The van der Waals surface area contributed by atoms with E-state index in [1.165, 1.54) is 38.9 Å². The summed E-state index contributed by atoms with van der Waals surface area (Å²) in [6.45, 7) is 13.1. The number of nitrogens with zero attached hydrogens (tertiary/aromatic N) is 1. The van der Waals surface area contributed by atoms with Gasteiger partial charge in [-0.2, -0.15) is 0 Å². The van der Waals surface area contributed by atoms with Crippen LogP contribution in [0, 0.1) is 11.8 Å². The summed E-state index contributed by atoms with van der Waals surface area (Å²) in [4.78, 5) is 2.76. The van der Waals surface area contributed by atoms with Gasteiger partial charge in [-0.05, 0) is 51.5 Å². The van der Waals surface area contributed by atoms with Gasteiger partial charge in [0.2, 0.25) is 0 Å². The Labute approximate surface area is 101 Å². The van der Waals surface area contributed by atoms with Gasteiger partial charge in [0.25, 0.3) is 0 Å². The highest BCUT2D eigenvalue weighted by atomic mass is 15.3. The summed E-state index contributed by atoms with van der Waals surface area (Å²) < 4.78 is 0. The molecule has 0 amide bonds. The molecule has 1 atom stereocenters. The fourth-order valence-corrected chi connectivity index (χ4v) is 2.81. The van der Waals surface area contributed by atoms with Gasteiger partial charge in [-0.1, -0.05) is 13.8 Å². The second-order valence-electron chi connectivity index (χ2n) is 6.82. The van der Waals surface area contributed by atoms with E-state index in [4.69, 9.17) is 0 Å². The molecule has 2 nitrogen and oxygen atoms in total. The Kier molecular flexibility index (Phi) is 3.60. The van der Waals surface area contributed by atoms with Crippen molar-refractivity contribution in [3.05, 3.63) is 0 Å². The molecule has 94 valence electrons. The van der Waals surface area contributed by atoms with Crippen molar-refractivity contribution < 1.29 is 0 Å². The minimum Gasteiger partial charge on any atom is -0.309 e. The lowest BCUT2D eigenvalue weighted by molar-refractivity contribution is 0.0784. The normalized spacial score (nSPS) is 30.9. The van der Waals surface area contributed by atoms with Crippen molar-refractivity contribution in [3.8, 4) is 0 Å². The third kappa shape index (κ3) is 3.21. The molecule has 0 aromatic rings. The van der Waals surface area contributed by atoms with Crippen LogP contribution >= 0.6 is 0 Å². The zero-order valence-electron chi connectivity index (χ0n) is 11.4. The molecule has 2 rings (SSSR count). The third-order valence-electron chi connectivity index (χ3n) is 4.02. The number of hydrogen-bond acceptors (Lipinski definition) is 2. The van der Waals surface area contributed by atoms with Crippen LogP contribution in [0.5, 0.6) is 0 Å². The van der Waals surface area contributed by atoms with Crippen molar-refractivity contribution in [2.75, 3.05) is 19.6 Å². The summed E-state index contributed by atoms with van der Waals surface area (Å²) in [6.07, 6.45) is 4.27. The first-order chi connectivity index (χ1) is 7.48. The summed E-state index contributed by atoms with van der Waals surface area (Å²) in [5.41, 5.74) is 0.308. The lowest BCUT2D eigenvalue weighted by Gasteiger charge is -2.45. The van der Waals surface area contributed by atoms with Gasteiger partial charge in [-0.15, -0.1) is 0 Å². The highest BCUT2D eigenvalue weighted by molar-refractivity contribution is 4.98. The van der Waals surface area contributed by atoms with E-state index < -0.39 is 0 Å². The second-order valence-corrected chi connectivity index (χ2v) is 6.82. The van der Waals surface area contributed by atoms with Crippen molar-refractivity contribution >= 4 is 0 Å². The zero-order valence-corrected chi connectivity index (χ0v) is 11.4. The van der Waals surface area contributed by atoms with Crippen LogP contribution in [0.4, 0.5) is 0 Å². The van der Waals surface area contributed by atoms with E-state index in [0.717, 1.165) is 17.9 Å². The quantitative estimate of drug-likeness (QED) is 0.789. The highest BCUT2D eigenvalue weighted by Crippen LogP contribution is 2.37. The smallest absolute Gasteiger partial charge is 0.0252 e. The predicted octanol–water partition coefficient (Wildman–Crippen LogP) is 2.49. The molecule has 16 heavy (non-hydrogen) atoms. The molecule has 1 saturated carbocycles. The van der Waals surface area contributed by atoms with E-state index in [1.807, 2.05) is 0 Å². The molecule has 1 N–H and O–H groups in total. The van der Waals surface area contributed by atoms with Gasteiger partial charge < -0.3 is 5.32 Å². The maximum Gasteiger partial charge on any atom is 0.0252 e. The molecule has 0 radical (unpaired) electrons. The first-order valence-electron chi connectivity index (χ1n) is 6.97. The number of nitrogens with one attached hydrogen (secondary N) is 1. The van der Waals surface area contributed by atoms with Crippen LogP contribution in [0.3, 0.4) is 0 Å². The van der Waals surface area contributed by atoms with Gasteiger partial charge in [0.15, 0.2) is 0 Å². The Morgan fingerprint density at radius 3 is 2.56 bits per heavy atom. The average Bonchev–Trinajstić information content (AvgIpc) is 2.97. The molecule has 0 spiro atoms. The summed E-state index contributed by atoms with van der Waals surface area (Å²) in [5.74, 6) is 1.83. The van der Waals surface area contributed by atoms with Crippen LogP contribution in [0.25, 0.3) is 0 Å². The molecule has 2 aliphatic rings. The summed E-state index contributed by atoms with van der Waals surface area (Å²) in [5, 5.41) is 3.71. The van der Waals surface area contributed by atoms with Crippen LogP contribution in [-0.4, -0.2) is 36.1 Å². The molecule has 1 aliphatic heterocycles. The molecular formula is C14H28N2. The van der Waals surface area contributed by atoms with Gasteiger partial charge in [0.05, 0.1) is 0 Å². The van der Waals surface area contributed by atoms with Crippen molar-refractivity contribution in [1.82, 2.24) is 10.2 Å². The van der Waals surface area contributed by atoms with Crippen molar-refractivity contribution in [1.29, 1.82) is 0 Å². The fourth-order valence-electron chi connectivity index (χ4n) is 2.81. The zero-order chi connectivity index (χ0) is 11.8. The Morgan fingerprint density at radius 1 is 1.31 bits per heavy atom. The van der Waals surface area contributed by atoms with E-state index in [9.17, 15) is 0 Å². The minimum absolute atomic E-state index is 0.308. The molecule has 0 aromatic heterocycles. The van der Waals surface area contributed by atoms with Gasteiger partial charge in [-0.25, -0.2) is 0 Å². The molecule has 2 fully saturated rings. The van der Waals surface area contributed by atoms with Crippen molar-refractivity contribution in [2.45, 2.75) is 58.5 Å². The van der Waals surface area contributed by atoms with Crippen LogP contribution in [0.2, 0.25) is 0 Å². The molecule has 1 aliphatic carbocycles. The Balaban J connectivity index is 1.91. The monoisotopic (exact) mass is 224 g/mol. The minimum atomic E-state index is 0.308. The summed E-state index contributed by atoms with van der Waals surface area (Å²) >= 11 is 0. The maximum atomic E-state index is 3.71. The summed E-state index contributed by atoms with van der Waals surface area (Å²) in [6, 6.07) is 0.826. The molecule has 0 aromatic carbocycles. The SMILES string of the molecule is CC(C)CCN1CC(C)(C)NCC1C1CC1. The molecule has 1 saturated heterocycles. The first-order valence-corrected chi connectivity index (χ1v) is 6.97. The lowest BCUT2D eigenvalue weighted by atomic mass is 9.95. The standard InChI is InChI=1S/C14H28N2/c1-11(2)7-8-16-10-14(3,4)15-9-13(16)12-5-6-12/h11-13,15H,5-10H2,1-4H3. The van der Waals surface area contributed by atoms with Gasteiger partial charge in [0, 0.05) is 24.7 Å². The molecule has 1 heterocycles. The van der Waals surface area contributed by atoms with Gasteiger partial charge in [-0.3, -0.25) is 4.90 Å². The van der Waals surface area contributed by atoms with Crippen molar-refractivity contribution in [2.24, 2.45) is 11.8 Å². The number of rotatable bonds is 4. The van der Waals surface area contributed by atoms with E-state index in [1.54, 1.807) is 0 Å². The molecule has 2 heteroatoms. The summed E-state index contributed by atoms with van der Waals surface area (Å²) in [7, 11) is 0. The predicted molar refractivity (Wildman–Crippen MR) is 69.6 cm³/mol. The molecule has 0 bridgehead atoms. The van der Waals surface area contributed by atoms with Crippen LogP contribution < -0.4 is 5.32 Å².